The number of nitrogens with one attached hydrogen (secondary N) is 3. The van der Waals surface area contributed by atoms with Crippen LogP contribution in [0.5, 0.6) is 0 Å². The number of hydrogen-bond donors (Lipinski definition) is 6. The van der Waals surface area contributed by atoms with Crippen molar-refractivity contribution in [2.45, 2.75) is 56.8 Å². The summed E-state index contributed by atoms with van der Waals surface area (Å²) in [4.78, 5) is 29.7. The molecule has 0 bridgehead atoms. The number of aliphatic hydroxyl groups excluding tert-OH is 1. The molecule has 2 amide bonds. The predicted octanol–water partition coefficient (Wildman–Crippen LogP) is 2.05. The second-order valence-corrected chi connectivity index (χ2v) is 9.99. The molecule has 8 nitrogen and oxygen atoms in total. The molecule has 1 aromatic carbocycles. The zero-order valence-corrected chi connectivity index (χ0v) is 20.8. The topological polar surface area (TPSA) is 129 Å². The van der Waals surface area contributed by atoms with Gasteiger partial charge in [0.15, 0.2) is 0 Å². The third-order valence-electron chi connectivity index (χ3n) is 6.15. The summed E-state index contributed by atoms with van der Waals surface area (Å²) in [5.41, 5.74) is 7.92. The number of thiol groups is 1. The Balaban J connectivity index is 1.67. The maximum Gasteiger partial charge on any atom is 0.251 e. The monoisotopic (exact) mass is 503 g/mol. The first-order chi connectivity index (χ1) is 16.6. The third kappa shape index (κ3) is 7.73. The van der Waals surface area contributed by atoms with E-state index in [-0.39, 0.29) is 23.7 Å². The number of aliphatic hydroxyl groups is 1. The van der Waals surface area contributed by atoms with Crippen molar-refractivity contribution in [1.82, 2.24) is 20.9 Å². The van der Waals surface area contributed by atoms with Crippen LogP contribution in [-0.2, 0) is 4.79 Å². The molecule has 0 spiro atoms. The van der Waals surface area contributed by atoms with Crippen molar-refractivity contribution in [3.63, 3.8) is 0 Å². The SMILES string of the molecule is CC(C)C[C@H](NC(=O)c1ccc(-c2ccc(F)nc2)cc1)C(=O)N[C@@H](C[C@@H]1CCN[C@@H]1O)C(N)S. The van der Waals surface area contributed by atoms with Gasteiger partial charge in [-0.3, -0.25) is 14.9 Å². The average molecular weight is 504 g/mol. The minimum Gasteiger partial charge on any atom is -0.378 e. The van der Waals surface area contributed by atoms with Gasteiger partial charge in [0.25, 0.3) is 5.91 Å². The highest BCUT2D eigenvalue weighted by atomic mass is 32.1. The number of carbonyl (C=O) groups excluding carboxylic acids is 2. The van der Waals surface area contributed by atoms with Crippen LogP contribution < -0.4 is 21.7 Å². The summed E-state index contributed by atoms with van der Waals surface area (Å²) in [5, 5.41) is 18.2. The highest BCUT2D eigenvalue weighted by Gasteiger charge is 2.32. The molecule has 1 unspecified atom stereocenters. The fraction of sp³-hybridized carbons (Fsp3) is 0.480. The first-order valence-corrected chi connectivity index (χ1v) is 12.3. The van der Waals surface area contributed by atoms with E-state index in [2.05, 4.69) is 33.6 Å². The summed E-state index contributed by atoms with van der Waals surface area (Å²) in [6, 6.07) is 8.47. The molecule has 2 heterocycles. The largest absolute Gasteiger partial charge is 0.378 e. The standard InChI is InChI=1S/C25H34FN5O3S/c1-14(2)11-20(25(34)30-19(22(27)35)12-17-9-10-28-23(17)32)31-24(33)16-5-3-15(4-6-16)18-7-8-21(26)29-13-18/h3-8,13-14,17,19-20,22-23,28,32,35H,9-12,27H2,1-2H3,(H,30,34)(H,31,33)/t17-,19-,20-,22?,23+/m0/s1. The molecule has 1 saturated heterocycles. The van der Waals surface area contributed by atoms with Crippen LogP contribution in [0.25, 0.3) is 11.1 Å². The van der Waals surface area contributed by atoms with E-state index < -0.39 is 29.6 Å². The number of nitrogens with zero attached hydrogens (tertiary/aromatic N) is 1. The van der Waals surface area contributed by atoms with Gasteiger partial charge in [-0.25, -0.2) is 4.98 Å². The molecule has 1 aliphatic rings. The van der Waals surface area contributed by atoms with Crippen LogP contribution in [0.4, 0.5) is 4.39 Å². The number of hydrogen-bond acceptors (Lipinski definition) is 7. The van der Waals surface area contributed by atoms with Crippen LogP contribution in [0.1, 0.15) is 43.5 Å². The maximum absolute atomic E-state index is 13.2. The normalized spacial score (nSPS) is 20.3. The fourth-order valence-electron chi connectivity index (χ4n) is 4.19. The Bertz CT molecular complexity index is 988. The van der Waals surface area contributed by atoms with Gasteiger partial charge in [-0.15, -0.1) is 0 Å². The minimum absolute atomic E-state index is 0.0357. The van der Waals surface area contributed by atoms with Gasteiger partial charge in [0.2, 0.25) is 11.9 Å². The Morgan fingerprint density at radius 2 is 1.89 bits per heavy atom. The van der Waals surface area contributed by atoms with Crippen LogP contribution in [0.15, 0.2) is 42.6 Å². The summed E-state index contributed by atoms with van der Waals surface area (Å²) in [5.74, 6) is -1.15. The number of nitrogens with two attached hydrogens (primary N) is 1. The third-order valence-corrected chi connectivity index (χ3v) is 6.51. The molecule has 3 rings (SSSR count). The van der Waals surface area contributed by atoms with Gasteiger partial charge in [-0.05, 0) is 61.6 Å². The Kier molecular flexibility index (Phi) is 9.62. The molecule has 0 radical (unpaired) electrons. The lowest BCUT2D eigenvalue weighted by Crippen LogP contribution is -2.54. The number of aromatic nitrogens is 1. The van der Waals surface area contributed by atoms with E-state index in [9.17, 15) is 19.1 Å². The van der Waals surface area contributed by atoms with E-state index in [1.165, 1.54) is 12.3 Å². The Hall–Kier alpha value is -2.53. The Morgan fingerprint density at radius 1 is 1.20 bits per heavy atom. The summed E-state index contributed by atoms with van der Waals surface area (Å²) < 4.78 is 13.1. The summed E-state index contributed by atoms with van der Waals surface area (Å²) >= 11 is 4.33. The first-order valence-electron chi connectivity index (χ1n) is 11.8. The average Bonchev–Trinajstić information content (AvgIpc) is 3.22. The van der Waals surface area contributed by atoms with Crippen molar-refractivity contribution in [2.24, 2.45) is 17.6 Å². The molecule has 1 aliphatic heterocycles. The van der Waals surface area contributed by atoms with E-state index in [0.29, 0.717) is 24.9 Å². The van der Waals surface area contributed by atoms with Gasteiger partial charge in [-0.1, -0.05) is 26.0 Å². The van der Waals surface area contributed by atoms with Crippen LogP contribution in [0, 0.1) is 17.8 Å². The molecule has 5 atom stereocenters. The van der Waals surface area contributed by atoms with E-state index in [1.54, 1.807) is 30.3 Å². The number of amides is 2. The molecule has 0 saturated carbocycles. The van der Waals surface area contributed by atoms with Crippen molar-refractivity contribution in [3.8, 4) is 11.1 Å². The lowest BCUT2D eigenvalue weighted by molar-refractivity contribution is -0.124. The second-order valence-electron chi connectivity index (χ2n) is 9.39. The fourth-order valence-corrected chi connectivity index (χ4v) is 4.38. The van der Waals surface area contributed by atoms with Crippen molar-refractivity contribution in [1.29, 1.82) is 0 Å². The molecular formula is C25H34FN5O3S. The lowest BCUT2D eigenvalue weighted by atomic mass is 9.96. The summed E-state index contributed by atoms with van der Waals surface area (Å²) in [7, 11) is 0. The number of pyridine rings is 1. The molecule has 35 heavy (non-hydrogen) atoms. The molecule has 2 aromatic rings. The van der Waals surface area contributed by atoms with E-state index in [0.717, 1.165) is 17.5 Å². The van der Waals surface area contributed by atoms with E-state index >= 15 is 0 Å². The predicted molar refractivity (Wildman–Crippen MR) is 136 cm³/mol. The lowest BCUT2D eigenvalue weighted by Gasteiger charge is -2.28. The number of benzene rings is 1. The van der Waals surface area contributed by atoms with Crippen molar-refractivity contribution in [3.05, 3.63) is 54.1 Å². The highest BCUT2D eigenvalue weighted by Crippen LogP contribution is 2.22. The molecule has 1 aromatic heterocycles. The summed E-state index contributed by atoms with van der Waals surface area (Å²) in [6.45, 7) is 4.65. The van der Waals surface area contributed by atoms with Crippen molar-refractivity contribution in [2.75, 3.05) is 6.54 Å². The zero-order chi connectivity index (χ0) is 25.5. The van der Waals surface area contributed by atoms with Crippen LogP contribution in [0.3, 0.4) is 0 Å². The number of carbonyl (C=O) groups is 2. The van der Waals surface area contributed by atoms with Crippen LogP contribution >= 0.6 is 12.6 Å². The quantitative estimate of drug-likeness (QED) is 0.167. The summed E-state index contributed by atoms with van der Waals surface area (Å²) in [6.07, 6.45) is 2.49. The molecular weight excluding hydrogens is 469 g/mol. The minimum atomic E-state index is -0.760. The van der Waals surface area contributed by atoms with Gasteiger partial charge in [-0.2, -0.15) is 17.0 Å². The van der Waals surface area contributed by atoms with Crippen molar-refractivity contribution >= 4 is 24.4 Å². The zero-order valence-electron chi connectivity index (χ0n) is 19.9. The van der Waals surface area contributed by atoms with Gasteiger partial charge in [0.05, 0.1) is 11.4 Å². The van der Waals surface area contributed by atoms with E-state index in [4.69, 9.17) is 5.73 Å². The van der Waals surface area contributed by atoms with Crippen LogP contribution in [-0.4, -0.2) is 52.1 Å². The molecule has 190 valence electrons. The molecule has 10 heteroatoms. The van der Waals surface area contributed by atoms with Crippen LogP contribution in [0.2, 0.25) is 0 Å². The Morgan fingerprint density at radius 3 is 2.43 bits per heavy atom. The number of rotatable bonds is 10. The van der Waals surface area contributed by atoms with Gasteiger partial charge in [0, 0.05) is 23.2 Å². The van der Waals surface area contributed by atoms with Gasteiger partial charge in [0.1, 0.15) is 12.3 Å². The maximum atomic E-state index is 13.2. The Labute approximate surface area is 210 Å². The second kappa shape index (κ2) is 12.4. The molecule has 0 aliphatic carbocycles. The smallest absolute Gasteiger partial charge is 0.251 e. The highest BCUT2D eigenvalue weighted by molar-refractivity contribution is 7.80. The molecule has 1 fully saturated rings. The molecule has 6 N–H and O–H groups in total. The van der Waals surface area contributed by atoms with Crippen molar-refractivity contribution < 1.29 is 19.1 Å². The van der Waals surface area contributed by atoms with Gasteiger partial charge >= 0.3 is 0 Å². The first kappa shape index (κ1) is 27.1. The van der Waals surface area contributed by atoms with Gasteiger partial charge < -0.3 is 21.5 Å². The number of halogens is 1. The van der Waals surface area contributed by atoms with E-state index in [1.807, 2.05) is 13.8 Å².